The number of ether oxygens (including phenoxy) is 2. The molecule has 24 heavy (non-hydrogen) atoms. The Balaban J connectivity index is 2.07. The lowest BCUT2D eigenvalue weighted by Gasteiger charge is -2.06. The Labute approximate surface area is 144 Å². The topological polar surface area (TPSA) is 65.0 Å². The molecule has 0 saturated heterocycles. The van der Waals surface area contributed by atoms with Gasteiger partial charge in [-0.2, -0.15) is 4.99 Å². The van der Waals surface area contributed by atoms with Gasteiger partial charge in [0.25, 0.3) is 0 Å². The molecule has 5 nitrogen and oxygen atoms in total. The Morgan fingerprint density at radius 2 is 1.75 bits per heavy atom. The van der Waals surface area contributed by atoms with Crippen LogP contribution >= 0.6 is 11.6 Å². The minimum atomic E-state index is -0.846. The predicted octanol–water partition coefficient (Wildman–Crippen LogP) is 3.83. The maximum absolute atomic E-state index is 11.9. The fourth-order valence-electron chi connectivity index (χ4n) is 1.98. The van der Waals surface area contributed by atoms with Gasteiger partial charge >= 0.3 is 12.1 Å². The van der Waals surface area contributed by atoms with Gasteiger partial charge in [0, 0.05) is 11.4 Å². The second-order valence-electron chi connectivity index (χ2n) is 4.90. The van der Waals surface area contributed by atoms with Crippen LogP contribution in [0.1, 0.15) is 11.1 Å². The SMILES string of the molecule is COC(=O)C(Cc1cccc(Cl)c1)=NC(=O)OCc1ccccc1. The fraction of sp³-hybridized carbons (Fsp3) is 0.167. The molecule has 0 aromatic heterocycles. The molecule has 0 heterocycles. The third kappa shape index (κ3) is 5.52. The monoisotopic (exact) mass is 345 g/mol. The Bertz CT molecular complexity index is 744. The zero-order valence-corrected chi connectivity index (χ0v) is 13.8. The van der Waals surface area contributed by atoms with Crippen LogP contribution in [0, 0.1) is 0 Å². The van der Waals surface area contributed by atoms with E-state index in [1.165, 1.54) is 7.11 Å². The molecule has 0 aliphatic heterocycles. The molecule has 0 radical (unpaired) electrons. The first kappa shape index (κ1) is 17.7. The first-order chi connectivity index (χ1) is 11.6. The number of methoxy groups -OCH3 is 1. The van der Waals surface area contributed by atoms with Crippen LogP contribution in [0.4, 0.5) is 4.79 Å². The summed E-state index contributed by atoms with van der Waals surface area (Å²) in [5.41, 5.74) is 1.52. The van der Waals surface area contributed by atoms with Gasteiger partial charge in [-0.3, -0.25) is 0 Å². The number of carbonyl (C=O) groups excluding carboxylic acids is 2. The fourth-order valence-corrected chi connectivity index (χ4v) is 2.19. The molecule has 0 bridgehead atoms. The van der Waals surface area contributed by atoms with Gasteiger partial charge in [0.15, 0.2) is 0 Å². The molecule has 0 unspecified atom stereocenters. The van der Waals surface area contributed by atoms with Crippen molar-refractivity contribution < 1.29 is 19.1 Å². The number of rotatable bonds is 5. The van der Waals surface area contributed by atoms with Gasteiger partial charge < -0.3 is 9.47 Å². The number of hydrogen-bond acceptors (Lipinski definition) is 4. The molecule has 0 atom stereocenters. The van der Waals surface area contributed by atoms with Crippen LogP contribution in [0.25, 0.3) is 0 Å². The summed E-state index contributed by atoms with van der Waals surface area (Å²) in [6, 6.07) is 16.1. The molecular formula is C18H16ClNO4. The van der Waals surface area contributed by atoms with E-state index in [1.807, 2.05) is 30.3 Å². The van der Waals surface area contributed by atoms with Gasteiger partial charge in [0.05, 0.1) is 7.11 Å². The first-order valence-electron chi connectivity index (χ1n) is 7.19. The number of esters is 1. The van der Waals surface area contributed by atoms with E-state index in [0.717, 1.165) is 11.1 Å². The zero-order valence-electron chi connectivity index (χ0n) is 13.1. The van der Waals surface area contributed by atoms with Crippen molar-refractivity contribution in [1.29, 1.82) is 0 Å². The van der Waals surface area contributed by atoms with Crippen LogP contribution < -0.4 is 0 Å². The summed E-state index contributed by atoms with van der Waals surface area (Å²) < 4.78 is 9.72. The van der Waals surface area contributed by atoms with Gasteiger partial charge in [-0.1, -0.05) is 54.1 Å². The van der Waals surface area contributed by atoms with Crippen LogP contribution in [0.2, 0.25) is 5.02 Å². The van der Waals surface area contributed by atoms with Crippen LogP contribution in [0.15, 0.2) is 59.6 Å². The lowest BCUT2D eigenvalue weighted by atomic mass is 10.1. The minimum Gasteiger partial charge on any atom is -0.465 e. The summed E-state index contributed by atoms with van der Waals surface area (Å²) in [6.07, 6.45) is -0.727. The highest BCUT2D eigenvalue weighted by Crippen LogP contribution is 2.12. The number of aliphatic imine (C=N–C) groups is 1. The van der Waals surface area contributed by atoms with E-state index < -0.39 is 12.1 Å². The molecule has 2 aromatic carbocycles. The molecule has 0 N–H and O–H groups in total. The van der Waals surface area contributed by atoms with Gasteiger partial charge in [-0.05, 0) is 23.3 Å². The van der Waals surface area contributed by atoms with E-state index in [4.69, 9.17) is 16.3 Å². The third-order valence-electron chi connectivity index (χ3n) is 3.11. The van der Waals surface area contributed by atoms with Crippen molar-refractivity contribution in [1.82, 2.24) is 0 Å². The molecule has 2 aromatic rings. The zero-order chi connectivity index (χ0) is 17.4. The molecule has 124 valence electrons. The highest BCUT2D eigenvalue weighted by molar-refractivity contribution is 6.38. The number of halogens is 1. The largest absolute Gasteiger partial charge is 0.465 e. The number of carbonyl (C=O) groups is 2. The number of nitrogens with zero attached hydrogens (tertiary/aromatic N) is 1. The van der Waals surface area contributed by atoms with Crippen LogP contribution in [0.3, 0.4) is 0 Å². The molecule has 0 aliphatic rings. The van der Waals surface area contributed by atoms with Crippen molar-refractivity contribution in [2.24, 2.45) is 4.99 Å². The van der Waals surface area contributed by atoms with Crippen LogP contribution in [0.5, 0.6) is 0 Å². The van der Waals surface area contributed by atoms with E-state index in [-0.39, 0.29) is 18.7 Å². The van der Waals surface area contributed by atoms with Gasteiger partial charge in [-0.25, -0.2) is 9.59 Å². The molecule has 2 rings (SSSR count). The van der Waals surface area contributed by atoms with E-state index in [2.05, 4.69) is 9.73 Å². The standard InChI is InChI=1S/C18H16ClNO4/c1-23-17(21)16(11-14-8-5-9-15(19)10-14)20-18(22)24-12-13-6-3-2-4-7-13/h2-10H,11-12H2,1H3. The molecule has 6 heteroatoms. The second-order valence-corrected chi connectivity index (χ2v) is 5.33. The lowest BCUT2D eigenvalue weighted by molar-refractivity contribution is -0.132. The first-order valence-corrected chi connectivity index (χ1v) is 7.57. The van der Waals surface area contributed by atoms with Crippen molar-refractivity contribution in [3.05, 3.63) is 70.7 Å². The predicted molar refractivity (Wildman–Crippen MR) is 91.2 cm³/mol. The Morgan fingerprint density at radius 3 is 2.42 bits per heavy atom. The van der Waals surface area contributed by atoms with E-state index in [0.29, 0.717) is 5.02 Å². The maximum atomic E-state index is 11.9. The molecule has 1 amide bonds. The molecule has 0 spiro atoms. The smallest absolute Gasteiger partial charge is 0.434 e. The average molecular weight is 346 g/mol. The summed E-state index contributed by atoms with van der Waals surface area (Å²) in [7, 11) is 1.23. The molecule has 0 saturated carbocycles. The van der Waals surface area contributed by atoms with E-state index in [1.54, 1.807) is 24.3 Å². The third-order valence-corrected chi connectivity index (χ3v) is 3.35. The molecule has 0 fully saturated rings. The highest BCUT2D eigenvalue weighted by Gasteiger charge is 2.16. The van der Waals surface area contributed by atoms with Crippen LogP contribution in [-0.2, 0) is 27.3 Å². The minimum absolute atomic E-state index is 0.0437. The summed E-state index contributed by atoms with van der Waals surface area (Å²) >= 11 is 5.92. The van der Waals surface area contributed by atoms with Crippen molar-refractivity contribution in [3.63, 3.8) is 0 Å². The van der Waals surface area contributed by atoms with Crippen molar-refractivity contribution in [2.75, 3.05) is 7.11 Å². The van der Waals surface area contributed by atoms with Crippen LogP contribution in [-0.4, -0.2) is 24.9 Å². The number of hydrogen-bond donors (Lipinski definition) is 0. The van der Waals surface area contributed by atoms with Crippen molar-refractivity contribution in [3.8, 4) is 0 Å². The van der Waals surface area contributed by atoms with E-state index in [9.17, 15) is 9.59 Å². The maximum Gasteiger partial charge on any atom is 0.434 e. The summed E-state index contributed by atoms with van der Waals surface area (Å²) in [5.74, 6) is -0.688. The Morgan fingerprint density at radius 1 is 1.04 bits per heavy atom. The Hall–Kier alpha value is -2.66. The average Bonchev–Trinajstić information content (AvgIpc) is 2.59. The summed E-state index contributed by atoms with van der Waals surface area (Å²) in [5, 5.41) is 0.531. The Kier molecular flexibility index (Phi) is 6.51. The van der Waals surface area contributed by atoms with Gasteiger partial charge in [0.2, 0.25) is 0 Å². The van der Waals surface area contributed by atoms with E-state index >= 15 is 0 Å². The normalized spacial score (nSPS) is 11.0. The van der Waals surface area contributed by atoms with Gasteiger partial charge in [-0.15, -0.1) is 0 Å². The van der Waals surface area contributed by atoms with Crippen molar-refractivity contribution >= 4 is 29.4 Å². The van der Waals surface area contributed by atoms with Crippen molar-refractivity contribution in [2.45, 2.75) is 13.0 Å². The number of amides is 1. The summed E-state index contributed by atoms with van der Waals surface area (Å²) in [6.45, 7) is 0.0782. The number of benzene rings is 2. The molecule has 0 aliphatic carbocycles. The summed E-state index contributed by atoms with van der Waals surface area (Å²) in [4.78, 5) is 27.4. The van der Waals surface area contributed by atoms with Gasteiger partial charge in [0.1, 0.15) is 12.3 Å². The highest BCUT2D eigenvalue weighted by atomic mass is 35.5. The second kappa shape index (κ2) is 8.84. The quantitative estimate of drug-likeness (QED) is 0.610. The molecular weight excluding hydrogens is 330 g/mol. The lowest BCUT2D eigenvalue weighted by Crippen LogP contribution is -2.20.